The monoisotopic (exact) mass is 288 g/mol. The van der Waals surface area contributed by atoms with Crippen molar-refractivity contribution in [2.24, 2.45) is 0 Å². The molecule has 1 N–H and O–H groups in total. The maximum Gasteiger partial charge on any atom is 0.0733 e. The smallest absolute Gasteiger partial charge is 0.0733 e. The van der Waals surface area contributed by atoms with Crippen molar-refractivity contribution in [3.05, 3.63) is 29.8 Å². The van der Waals surface area contributed by atoms with Gasteiger partial charge in [0.2, 0.25) is 0 Å². The number of hydrogen-bond acceptors (Lipinski definition) is 3. The highest BCUT2D eigenvalue weighted by Crippen LogP contribution is 2.33. The molecule has 1 heterocycles. The quantitative estimate of drug-likeness (QED) is 0.923. The van der Waals surface area contributed by atoms with Crippen LogP contribution in [-0.2, 0) is 11.3 Å². The lowest BCUT2D eigenvalue weighted by Gasteiger charge is -2.41. The molecule has 0 aromatic heterocycles. The van der Waals surface area contributed by atoms with Crippen LogP contribution in [0.25, 0.3) is 0 Å². The van der Waals surface area contributed by atoms with Gasteiger partial charge in [-0.05, 0) is 31.9 Å². The molecule has 1 aromatic carbocycles. The van der Waals surface area contributed by atoms with Crippen molar-refractivity contribution in [1.82, 2.24) is 5.32 Å². The summed E-state index contributed by atoms with van der Waals surface area (Å²) in [4.78, 5) is 2.60. The Hall–Kier alpha value is -1.06. The molecule has 1 aromatic rings. The SMILES string of the molecule is COCc1ccccc1N1CCCNC2(CCCCC2)C1. The molecule has 0 atom stereocenters. The fourth-order valence-electron chi connectivity index (χ4n) is 3.99. The van der Waals surface area contributed by atoms with Gasteiger partial charge in [0.05, 0.1) is 6.61 Å². The van der Waals surface area contributed by atoms with Crippen LogP contribution in [0, 0.1) is 0 Å². The fourth-order valence-corrected chi connectivity index (χ4v) is 3.99. The first-order chi connectivity index (χ1) is 10.3. The van der Waals surface area contributed by atoms with Gasteiger partial charge in [-0.15, -0.1) is 0 Å². The minimum absolute atomic E-state index is 0.342. The van der Waals surface area contributed by atoms with E-state index in [1.165, 1.54) is 49.8 Å². The van der Waals surface area contributed by atoms with E-state index in [0.717, 1.165) is 19.6 Å². The Bertz CT molecular complexity index is 454. The van der Waals surface area contributed by atoms with Crippen molar-refractivity contribution >= 4 is 5.69 Å². The molecular weight excluding hydrogens is 260 g/mol. The number of ether oxygens (including phenoxy) is 1. The van der Waals surface area contributed by atoms with Crippen LogP contribution >= 0.6 is 0 Å². The maximum atomic E-state index is 5.39. The molecule has 0 radical (unpaired) electrons. The normalized spacial score (nSPS) is 22.2. The molecule has 1 aliphatic heterocycles. The minimum atomic E-state index is 0.342. The molecule has 0 amide bonds. The number of benzene rings is 1. The highest BCUT2D eigenvalue weighted by Gasteiger charge is 2.35. The molecule has 3 nitrogen and oxygen atoms in total. The zero-order valence-electron chi connectivity index (χ0n) is 13.2. The van der Waals surface area contributed by atoms with E-state index < -0.39 is 0 Å². The van der Waals surface area contributed by atoms with E-state index in [4.69, 9.17) is 4.74 Å². The zero-order valence-corrected chi connectivity index (χ0v) is 13.2. The highest BCUT2D eigenvalue weighted by molar-refractivity contribution is 5.54. The Labute approximate surface area is 128 Å². The van der Waals surface area contributed by atoms with E-state index in [1.807, 2.05) is 0 Å². The Morgan fingerprint density at radius 3 is 2.76 bits per heavy atom. The summed E-state index contributed by atoms with van der Waals surface area (Å²) in [6.07, 6.45) is 8.04. The summed E-state index contributed by atoms with van der Waals surface area (Å²) in [5, 5.41) is 3.88. The number of hydrogen-bond donors (Lipinski definition) is 1. The number of anilines is 1. The van der Waals surface area contributed by atoms with E-state index in [0.29, 0.717) is 12.1 Å². The number of nitrogens with one attached hydrogen (secondary N) is 1. The van der Waals surface area contributed by atoms with Crippen LogP contribution in [0.2, 0.25) is 0 Å². The fraction of sp³-hybridized carbons (Fsp3) is 0.667. The lowest BCUT2D eigenvalue weighted by Crippen LogP contribution is -2.52. The summed E-state index contributed by atoms with van der Waals surface area (Å²) < 4.78 is 5.39. The van der Waals surface area contributed by atoms with E-state index in [-0.39, 0.29) is 0 Å². The molecule has 0 unspecified atom stereocenters. The van der Waals surface area contributed by atoms with Crippen LogP contribution in [0.1, 0.15) is 44.1 Å². The summed E-state index contributed by atoms with van der Waals surface area (Å²) in [6.45, 7) is 4.15. The van der Waals surface area contributed by atoms with Gasteiger partial charge in [-0.3, -0.25) is 0 Å². The van der Waals surface area contributed by atoms with Gasteiger partial charge in [-0.25, -0.2) is 0 Å². The molecule has 21 heavy (non-hydrogen) atoms. The average Bonchev–Trinajstić information content (AvgIpc) is 2.72. The third-order valence-electron chi connectivity index (χ3n) is 5.04. The van der Waals surface area contributed by atoms with Gasteiger partial charge in [-0.2, -0.15) is 0 Å². The second-order valence-corrected chi connectivity index (χ2v) is 6.60. The maximum absolute atomic E-state index is 5.39. The molecule has 3 rings (SSSR count). The molecule has 0 bridgehead atoms. The lowest BCUT2D eigenvalue weighted by atomic mass is 9.81. The Morgan fingerprint density at radius 2 is 1.95 bits per heavy atom. The molecular formula is C18H28N2O. The van der Waals surface area contributed by atoms with Gasteiger partial charge in [-0.1, -0.05) is 37.5 Å². The van der Waals surface area contributed by atoms with E-state index in [9.17, 15) is 0 Å². The van der Waals surface area contributed by atoms with Crippen molar-refractivity contribution in [3.63, 3.8) is 0 Å². The molecule has 116 valence electrons. The number of methoxy groups -OCH3 is 1. The summed E-state index contributed by atoms with van der Waals surface area (Å²) >= 11 is 0. The van der Waals surface area contributed by atoms with Crippen LogP contribution in [-0.4, -0.2) is 32.3 Å². The summed E-state index contributed by atoms with van der Waals surface area (Å²) in [5.74, 6) is 0. The van der Waals surface area contributed by atoms with Crippen LogP contribution < -0.4 is 10.2 Å². The summed E-state index contributed by atoms with van der Waals surface area (Å²) in [6, 6.07) is 8.73. The first kappa shape index (κ1) is 14.9. The van der Waals surface area contributed by atoms with Crippen molar-refractivity contribution in [2.45, 2.75) is 50.7 Å². The second-order valence-electron chi connectivity index (χ2n) is 6.60. The van der Waals surface area contributed by atoms with Gasteiger partial charge in [0, 0.05) is 37.0 Å². The molecule has 1 spiro atoms. The number of rotatable bonds is 3. The molecule has 1 saturated carbocycles. The van der Waals surface area contributed by atoms with Crippen LogP contribution in [0.4, 0.5) is 5.69 Å². The van der Waals surface area contributed by atoms with Gasteiger partial charge >= 0.3 is 0 Å². The third kappa shape index (κ3) is 3.41. The van der Waals surface area contributed by atoms with Gasteiger partial charge < -0.3 is 15.0 Å². The van der Waals surface area contributed by atoms with Gasteiger partial charge in [0.25, 0.3) is 0 Å². The van der Waals surface area contributed by atoms with E-state index in [1.54, 1.807) is 7.11 Å². The van der Waals surface area contributed by atoms with Gasteiger partial charge in [0.1, 0.15) is 0 Å². The predicted octanol–water partition coefficient (Wildman–Crippen LogP) is 3.34. The lowest BCUT2D eigenvalue weighted by molar-refractivity contribution is 0.185. The summed E-state index contributed by atoms with van der Waals surface area (Å²) in [5.41, 5.74) is 3.02. The van der Waals surface area contributed by atoms with Gasteiger partial charge in [0.15, 0.2) is 0 Å². The van der Waals surface area contributed by atoms with E-state index in [2.05, 4.69) is 34.5 Å². The second kappa shape index (κ2) is 6.80. The molecule has 1 aliphatic carbocycles. The highest BCUT2D eigenvalue weighted by atomic mass is 16.5. The van der Waals surface area contributed by atoms with Crippen LogP contribution in [0.5, 0.6) is 0 Å². The first-order valence-electron chi connectivity index (χ1n) is 8.40. The molecule has 2 fully saturated rings. The minimum Gasteiger partial charge on any atom is -0.380 e. The van der Waals surface area contributed by atoms with Crippen molar-refractivity contribution < 1.29 is 4.74 Å². The topological polar surface area (TPSA) is 24.5 Å². The number of nitrogens with zero attached hydrogens (tertiary/aromatic N) is 1. The van der Waals surface area contributed by atoms with Crippen molar-refractivity contribution in [3.8, 4) is 0 Å². The van der Waals surface area contributed by atoms with Crippen molar-refractivity contribution in [2.75, 3.05) is 31.6 Å². The standard InChI is InChI=1S/C18H28N2O/c1-21-14-16-8-3-4-9-17(16)20-13-7-12-19-18(15-20)10-5-2-6-11-18/h3-4,8-9,19H,2,5-7,10-15H2,1H3. The zero-order chi connectivity index (χ0) is 14.5. The Kier molecular flexibility index (Phi) is 4.81. The van der Waals surface area contributed by atoms with Crippen LogP contribution in [0.15, 0.2) is 24.3 Å². The Morgan fingerprint density at radius 1 is 1.14 bits per heavy atom. The average molecular weight is 288 g/mol. The molecule has 3 heteroatoms. The summed E-state index contributed by atoms with van der Waals surface area (Å²) in [7, 11) is 1.78. The Balaban J connectivity index is 1.83. The third-order valence-corrected chi connectivity index (χ3v) is 5.04. The van der Waals surface area contributed by atoms with E-state index >= 15 is 0 Å². The predicted molar refractivity (Wildman–Crippen MR) is 87.8 cm³/mol. The molecule has 2 aliphatic rings. The van der Waals surface area contributed by atoms with Crippen molar-refractivity contribution in [1.29, 1.82) is 0 Å². The first-order valence-corrected chi connectivity index (χ1v) is 8.40. The molecule has 1 saturated heterocycles. The van der Waals surface area contributed by atoms with Crippen LogP contribution in [0.3, 0.4) is 0 Å². The largest absolute Gasteiger partial charge is 0.380 e. The number of para-hydroxylation sites is 1.